The fourth-order valence-electron chi connectivity index (χ4n) is 3.03. The largest absolute Gasteiger partial charge is 0.497 e. The highest BCUT2D eigenvalue weighted by Crippen LogP contribution is 2.52. The van der Waals surface area contributed by atoms with Gasteiger partial charge in [-0.1, -0.05) is 29.8 Å². The first-order valence-corrected chi connectivity index (χ1v) is 7.61. The Bertz CT molecular complexity index is 659. The molecule has 1 N–H and O–H groups in total. The van der Waals surface area contributed by atoms with Crippen LogP contribution in [-0.4, -0.2) is 19.3 Å². The number of methoxy groups -OCH3 is 2. The molecule has 0 spiro atoms. The second kappa shape index (κ2) is 5.65. The zero-order valence-corrected chi connectivity index (χ0v) is 13.3. The third-order valence-electron chi connectivity index (χ3n) is 4.48. The van der Waals surface area contributed by atoms with Crippen LogP contribution in [-0.2, 0) is 5.60 Å². The lowest BCUT2D eigenvalue weighted by Crippen LogP contribution is -2.30. The number of ether oxygens (including phenoxy) is 2. The summed E-state index contributed by atoms with van der Waals surface area (Å²) < 4.78 is 10.8. The van der Waals surface area contributed by atoms with Crippen molar-refractivity contribution in [3.63, 3.8) is 0 Å². The van der Waals surface area contributed by atoms with E-state index in [9.17, 15) is 5.11 Å². The Kier molecular flexibility index (Phi) is 3.83. The van der Waals surface area contributed by atoms with Crippen LogP contribution in [0.4, 0.5) is 0 Å². The maximum Gasteiger partial charge on any atom is 0.129 e. The minimum Gasteiger partial charge on any atom is -0.497 e. The molecule has 2 aromatic rings. The van der Waals surface area contributed by atoms with Crippen molar-refractivity contribution >= 4 is 0 Å². The molecule has 1 atom stereocenters. The van der Waals surface area contributed by atoms with E-state index >= 15 is 0 Å². The summed E-state index contributed by atoms with van der Waals surface area (Å²) in [5.41, 5.74) is 1.90. The summed E-state index contributed by atoms with van der Waals surface area (Å²) in [6.45, 7) is 2.05. The minimum atomic E-state index is -1.01. The van der Waals surface area contributed by atoms with E-state index in [0.29, 0.717) is 5.75 Å². The standard InChI is InChI=1S/C19H22O3/c1-13-4-6-14(7-5-13)19(20,15-8-9-15)17-11-10-16(21-2)12-18(17)22-3/h4-7,10-12,15,20H,8-9H2,1-3H3. The van der Waals surface area contributed by atoms with E-state index in [1.54, 1.807) is 14.2 Å². The van der Waals surface area contributed by atoms with Gasteiger partial charge in [0.05, 0.1) is 14.2 Å². The van der Waals surface area contributed by atoms with E-state index in [4.69, 9.17) is 9.47 Å². The first-order valence-electron chi connectivity index (χ1n) is 7.61. The molecule has 0 bridgehead atoms. The molecule has 3 rings (SSSR count). The smallest absolute Gasteiger partial charge is 0.129 e. The lowest BCUT2D eigenvalue weighted by Gasteiger charge is -2.31. The fraction of sp³-hybridized carbons (Fsp3) is 0.368. The Balaban J connectivity index is 2.13. The molecule has 0 amide bonds. The number of benzene rings is 2. The highest BCUT2D eigenvalue weighted by molar-refractivity contribution is 5.50. The normalized spacial score (nSPS) is 16.9. The second-order valence-corrected chi connectivity index (χ2v) is 5.97. The van der Waals surface area contributed by atoms with Gasteiger partial charge in [-0.05, 0) is 43.4 Å². The van der Waals surface area contributed by atoms with Gasteiger partial charge < -0.3 is 14.6 Å². The number of aryl methyl sites for hydroxylation is 1. The Labute approximate surface area is 131 Å². The molecule has 1 unspecified atom stereocenters. The average molecular weight is 298 g/mol. The van der Waals surface area contributed by atoms with Crippen LogP contribution in [0.25, 0.3) is 0 Å². The molecule has 2 aromatic carbocycles. The molecule has 116 valence electrons. The highest BCUT2D eigenvalue weighted by Gasteiger charge is 2.47. The molecule has 22 heavy (non-hydrogen) atoms. The highest BCUT2D eigenvalue weighted by atomic mass is 16.5. The molecule has 0 aliphatic heterocycles. The third kappa shape index (κ3) is 2.46. The van der Waals surface area contributed by atoms with E-state index in [0.717, 1.165) is 29.7 Å². The minimum absolute atomic E-state index is 0.234. The van der Waals surface area contributed by atoms with Gasteiger partial charge in [-0.3, -0.25) is 0 Å². The van der Waals surface area contributed by atoms with E-state index < -0.39 is 5.60 Å². The van der Waals surface area contributed by atoms with Gasteiger partial charge in [0.25, 0.3) is 0 Å². The predicted molar refractivity (Wildman–Crippen MR) is 86.4 cm³/mol. The van der Waals surface area contributed by atoms with E-state index in [1.165, 1.54) is 5.56 Å². The van der Waals surface area contributed by atoms with Gasteiger partial charge >= 0.3 is 0 Å². The Morgan fingerprint density at radius 2 is 1.68 bits per heavy atom. The molecular formula is C19H22O3. The van der Waals surface area contributed by atoms with Crippen LogP contribution in [0, 0.1) is 12.8 Å². The van der Waals surface area contributed by atoms with Crippen LogP contribution in [0.1, 0.15) is 29.5 Å². The summed E-state index contributed by atoms with van der Waals surface area (Å²) in [4.78, 5) is 0. The molecule has 0 aromatic heterocycles. The van der Waals surface area contributed by atoms with Gasteiger partial charge in [-0.2, -0.15) is 0 Å². The summed E-state index contributed by atoms with van der Waals surface area (Å²) in [5.74, 6) is 1.62. The van der Waals surface area contributed by atoms with Crippen molar-refractivity contribution in [1.29, 1.82) is 0 Å². The van der Waals surface area contributed by atoms with Crippen LogP contribution in [0.5, 0.6) is 11.5 Å². The van der Waals surface area contributed by atoms with Gasteiger partial charge in [0.1, 0.15) is 17.1 Å². The van der Waals surface area contributed by atoms with Crippen molar-refractivity contribution in [3.05, 3.63) is 59.2 Å². The van der Waals surface area contributed by atoms with Gasteiger partial charge in [0.15, 0.2) is 0 Å². The maximum absolute atomic E-state index is 11.5. The summed E-state index contributed by atoms with van der Waals surface area (Å²) in [7, 11) is 3.25. The van der Waals surface area contributed by atoms with Crippen LogP contribution in [0.2, 0.25) is 0 Å². The molecule has 1 aliphatic rings. The molecular weight excluding hydrogens is 276 g/mol. The fourth-order valence-corrected chi connectivity index (χ4v) is 3.03. The Hall–Kier alpha value is -2.00. The van der Waals surface area contributed by atoms with Crippen molar-refractivity contribution in [1.82, 2.24) is 0 Å². The number of hydrogen-bond donors (Lipinski definition) is 1. The molecule has 1 fully saturated rings. The summed E-state index contributed by atoms with van der Waals surface area (Å²) in [5, 5.41) is 11.5. The summed E-state index contributed by atoms with van der Waals surface area (Å²) in [6, 6.07) is 13.7. The zero-order valence-electron chi connectivity index (χ0n) is 13.3. The predicted octanol–water partition coefficient (Wildman–Crippen LogP) is 3.66. The summed E-state index contributed by atoms with van der Waals surface area (Å²) >= 11 is 0. The van der Waals surface area contributed by atoms with Crippen LogP contribution >= 0.6 is 0 Å². The molecule has 0 heterocycles. The Morgan fingerprint density at radius 3 is 2.23 bits per heavy atom. The van der Waals surface area contributed by atoms with Gasteiger partial charge in [0.2, 0.25) is 0 Å². The average Bonchev–Trinajstić information content (AvgIpc) is 3.39. The molecule has 1 saturated carbocycles. The van der Waals surface area contributed by atoms with Crippen LogP contribution in [0.15, 0.2) is 42.5 Å². The lowest BCUT2D eigenvalue weighted by atomic mass is 9.81. The van der Waals surface area contributed by atoms with Crippen molar-refractivity contribution in [2.45, 2.75) is 25.4 Å². The van der Waals surface area contributed by atoms with Gasteiger partial charge in [0, 0.05) is 11.6 Å². The van der Waals surface area contributed by atoms with Crippen molar-refractivity contribution in [2.24, 2.45) is 5.92 Å². The number of aliphatic hydroxyl groups is 1. The van der Waals surface area contributed by atoms with E-state index in [1.807, 2.05) is 49.4 Å². The summed E-state index contributed by atoms with van der Waals surface area (Å²) in [6.07, 6.45) is 2.05. The lowest BCUT2D eigenvalue weighted by molar-refractivity contribution is 0.0537. The quantitative estimate of drug-likeness (QED) is 0.915. The second-order valence-electron chi connectivity index (χ2n) is 5.97. The molecule has 0 saturated heterocycles. The number of rotatable bonds is 5. The third-order valence-corrected chi connectivity index (χ3v) is 4.48. The molecule has 1 aliphatic carbocycles. The molecule has 3 heteroatoms. The van der Waals surface area contributed by atoms with Crippen molar-refractivity contribution in [3.8, 4) is 11.5 Å². The Morgan fingerprint density at radius 1 is 1.00 bits per heavy atom. The first kappa shape index (κ1) is 14.9. The van der Waals surface area contributed by atoms with E-state index in [2.05, 4.69) is 0 Å². The first-order chi connectivity index (χ1) is 10.6. The topological polar surface area (TPSA) is 38.7 Å². The molecule has 3 nitrogen and oxygen atoms in total. The monoisotopic (exact) mass is 298 g/mol. The SMILES string of the molecule is COc1ccc(C(O)(c2ccc(C)cc2)C2CC2)c(OC)c1. The maximum atomic E-state index is 11.5. The van der Waals surface area contributed by atoms with Crippen molar-refractivity contribution < 1.29 is 14.6 Å². The van der Waals surface area contributed by atoms with Gasteiger partial charge in [-0.25, -0.2) is 0 Å². The number of hydrogen-bond acceptors (Lipinski definition) is 3. The van der Waals surface area contributed by atoms with Crippen LogP contribution in [0.3, 0.4) is 0 Å². The van der Waals surface area contributed by atoms with Crippen molar-refractivity contribution in [2.75, 3.05) is 14.2 Å². The van der Waals surface area contributed by atoms with Gasteiger partial charge in [-0.15, -0.1) is 0 Å². The van der Waals surface area contributed by atoms with Crippen LogP contribution < -0.4 is 9.47 Å². The zero-order chi connectivity index (χ0) is 15.7. The molecule has 0 radical (unpaired) electrons. The van der Waals surface area contributed by atoms with E-state index in [-0.39, 0.29) is 5.92 Å².